The summed E-state index contributed by atoms with van der Waals surface area (Å²) in [6.45, 7) is 0.802. The summed E-state index contributed by atoms with van der Waals surface area (Å²) in [6.07, 6.45) is 4.94. The van der Waals surface area contributed by atoms with E-state index in [0.717, 1.165) is 25.8 Å². The van der Waals surface area contributed by atoms with Gasteiger partial charge in [-0.1, -0.05) is 0 Å². The second-order valence-corrected chi connectivity index (χ2v) is 4.48. The number of piperidine rings is 1. The predicted octanol–water partition coefficient (Wildman–Crippen LogP) is 1.27. The number of carbonyl (C=O) groups excluding carboxylic acids is 1. The summed E-state index contributed by atoms with van der Waals surface area (Å²) in [5.74, 6) is 0.293. The van der Waals surface area contributed by atoms with E-state index in [1.54, 1.807) is 12.3 Å². The third-order valence-corrected chi connectivity index (χ3v) is 3.27. The number of methoxy groups -OCH3 is 1. The van der Waals surface area contributed by atoms with Gasteiger partial charge in [0.25, 0.3) is 0 Å². The molecular weight excluding hydrogens is 244 g/mol. The molecule has 0 N–H and O–H groups in total. The third-order valence-electron chi connectivity index (χ3n) is 3.27. The molecule has 6 nitrogen and oxygen atoms in total. The van der Waals surface area contributed by atoms with Gasteiger partial charge in [-0.3, -0.25) is 4.79 Å². The second-order valence-electron chi connectivity index (χ2n) is 4.48. The number of esters is 1. The van der Waals surface area contributed by atoms with Crippen LogP contribution >= 0.6 is 0 Å². The number of ether oxygens (including phenoxy) is 1. The maximum Gasteiger partial charge on any atom is 0.307 e. The summed E-state index contributed by atoms with van der Waals surface area (Å²) in [5.41, 5.74) is 0.340. The van der Waals surface area contributed by atoms with Crippen LogP contribution in [0.15, 0.2) is 12.3 Å². The highest BCUT2D eigenvalue weighted by Gasteiger charge is 2.27. The van der Waals surface area contributed by atoms with Gasteiger partial charge in [-0.2, -0.15) is 5.26 Å². The molecule has 6 heteroatoms. The molecular formula is C13H16N4O2. The fourth-order valence-corrected chi connectivity index (χ4v) is 2.30. The van der Waals surface area contributed by atoms with Crippen LogP contribution < -0.4 is 4.90 Å². The SMILES string of the molecule is COC(=O)CC1CCCCN1c1nccc(C#N)n1. The molecule has 0 spiro atoms. The molecule has 0 aromatic carbocycles. The molecule has 1 saturated heterocycles. The zero-order valence-electron chi connectivity index (χ0n) is 10.9. The predicted molar refractivity (Wildman–Crippen MR) is 68.4 cm³/mol. The Morgan fingerprint density at radius 3 is 3.21 bits per heavy atom. The van der Waals surface area contributed by atoms with E-state index in [-0.39, 0.29) is 12.0 Å². The van der Waals surface area contributed by atoms with E-state index < -0.39 is 0 Å². The fraction of sp³-hybridized carbons (Fsp3) is 0.538. The van der Waals surface area contributed by atoms with Crippen molar-refractivity contribution >= 4 is 11.9 Å². The summed E-state index contributed by atoms with van der Waals surface area (Å²) >= 11 is 0. The largest absolute Gasteiger partial charge is 0.469 e. The first kappa shape index (κ1) is 13.3. The highest BCUT2D eigenvalue weighted by molar-refractivity contribution is 5.70. The van der Waals surface area contributed by atoms with Gasteiger partial charge in [0.1, 0.15) is 11.8 Å². The Morgan fingerprint density at radius 1 is 1.63 bits per heavy atom. The van der Waals surface area contributed by atoms with Gasteiger partial charge in [-0.25, -0.2) is 9.97 Å². The van der Waals surface area contributed by atoms with Crippen LogP contribution in [0.2, 0.25) is 0 Å². The minimum Gasteiger partial charge on any atom is -0.469 e. The number of nitriles is 1. The zero-order chi connectivity index (χ0) is 13.7. The van der Waals surface area contributed by atoms with Crippen LogP contribution in [0.25, 0.3) is 0 Å². The second kappa shape index (κ2) is 6.14. The smallest absolute Gasteiger partial charge is 0.307 e. The standard InChI is InChI=1S/C13H16N4O2/c1-19-12(18)8-11-4-2-3-7-17(11)13-15-6-5-10(9-14)16-13/h5-6,11H,2-4,7-8H2,1H3. The van der Waals surface area contributed by atoms with Crippen LogP contribution in [0.3, 0.4) is 0 Å². The van der Waals surface area contributed by atoms with Gasteiger partial charge in [0.15, 0.2) is 0 Å². The molecule has 100 valence electrons. The summed E-state index contributed by atoms with van der Waals surface area (Å²) in [4.78, 5) is 21.8. The molecule has 2 heterocycles. The van der Waals surface area contributed by atoms with E-state index in [1.165, 1.54) is 7.11 Å². The van der Waals surface area contributed by atoms with Crippen LogP contribution in [-0.4, -0.2) is 35.6 Å². The van der Waals surface area contributed by atoms with E-state index in [2.05, 4.69) is 9.97 Å². The zero-order valence-corrected chi connectivity index (χ0v) is 10.9. The summed E-state index contributed by atoms with van der Waals surface area (Å²) in [6, 6.07) is 3.63. The molecule has 1 aliphatic rings. The van der Waals surface area contributed by atoms with Gasteiger partial charge >= 0.3 is 5.97 Å². The highest BCUT2D eigenvalue weighted by Crippen LogP contribution is 2.24. The first-order valence-electron chi connectivity index (χ1n) is 6.31. The normalized spacial score (nSPS) is 18.7. The average molecular weight is 260 g/mol. The van der Waals surface area contributed by atoms with Gasteiger partial charge in [-0.15, -0.1) is 0 Å². The maximum atomic E-state index is 11.4. The van der Waals surface area contributed by atoms with Gasteiger partial charge in [0, 0.05) is 18.8 Å². The summed E-state index contributed by atoms with van der Waals surface area (Å²) in [7, 11) is 1.39. The van der Waals surface area contributed by atoms with E-state index in [9.17, 15) is 4.79 Å². The number of hydrogen-bond acceptors (Lipinski definition) is 6. The molecule has 0 aliphatic carbocycles. The van der Waals surface area contributed by atoms with E-state index >= 15 is 0 Å². The number of nitrogens with zero attached hydrogens (tertiary/aromatic N) is 4. The Hall–Kier alpha value is -2.16. The number of anilines is 1. The maximum absolute atomic E-state index is 11.4. The molecule has 1 fully saturated rings. The Bertz CT molecular complexity index is 498. The highest BCUT2D eigenvalue weighted by atomic mass is 16.5. The molecule has 1 aliphatic heterocycles. The minimum absolute atomic E-state index is 0.0511. The van der Waals surface area contributed by atoms with Crippen LogP contribution in [0.5, 0.6) is 0 Å². The van der Waals surface area contributed by atoms with Crippen molar-refractivity contribution in [2.24, 2.45) is 0 Å². The Balaban J connectivity index is 2.18. The van der Waals surface area contributed by atoms with Gasteiger partial charge < -0.3 is 9.64 Å². The quantitative estimate of drug-likeness (QED) is 0.761. The topological polar surface area (TPSA) is 79.1 Å². The third kappa shape index (κ3) is 3.19. The van der Waals surface area contributed by atoms with E-state index in [4.69, 9.17) is 10.00 Å². The molecule has 0 saturated carbocycles. The van der Waals surface area contributed by atoms with E-state index in [1.807, 2.05) is 11.0 Å². The molecule has 0 amide bonds. The van der Waals surface area contributed by atoms with E-state index in [0.29, 0.717) is 18.1 Å². The van der Waals surface area contributed by atoms with Crippen molar-refractivity contribution < 1.29 is 9.53 Å². The molecule has 1 aromatic heterocycles. The van der Waals surface area contributed by atoms with Gasteiger partial charge in [0.05, 0.1) is 13.5 Å². The number of aromatic nitrogens is 2. The molecule has 1 aromatic rings. The molecule has 1 atom stereocenters. The van der Waals surface area contributed by atoms with Crippen LogP contribution in [0.4, 0.5) is 5.95 Å². The van der Waals surface area contributed by atoms with Gasteiger partial charge in [-0.05, 0) is 25.3 Å². The lowest BCUT2D eigenvalue weighted by Crippen LogP contribution is -2.42. The molecule has 0 bridgehead atoms. The van der Waals surface area contributed by atoms with Crippen molar-refractivity contribution in [3.8, 4) is 6.07 Å². The molecule has 1 unspecified atom stereocenters. The van der Waals surface area contributed by atoms with Crippen LogP contribution in [-0.2, 0) is 9.53 Å². The van der Waals surface area contributed by atoms with Crippen LogP contribution in [0, 0.1) is 11.3 Å². The lowest BCUT2D eigenvalue weighted by molar-refractivity contribution is -0.141. The Kier molecular flexibility index (Phi) is 4.29. The number of rotatable bonds is 3. The lowest BCUT2D eigenvalue weighted by atomic mass is 10.00. The molecule has 2 rings (SSSR count). The number of carbonyl (C=O) groups is 1. The summed E-state index contributed by atoms with van der Waals surface area (Å²) in [5, 5.41) is 8.88. The van der Waals surface area contributed by atoms with Crippen molar-refractivity contribution in [2.45, 2.75) is 31.7 Å². The summed E-state index contributed by atoms with van der Waals surface area (Å²) < 4.78 is 4.72. The van der Waals surface area contributed by atoms with Crippen molar-refractivity contribution in [3.63, 3.8) is 0 Å². The molecule has 19 heavy (non-hydrogen) atoms. The van der Waals surface area contributed by atoms with Gasteiger partial charge in [0.2, 0.25) is 5.95 Å². The molecule has 0 radical (unpaired) electrons. The average Bonchev–Trinajstić information content (AvgIpc) is 2.47. The monoisotopic (exact) mass is 260 g/mol. The van der Waals surface area contributed by atoms with Crippen molar-refractivity contribution in [2.75, 3.05) is 18.6 Å². The van der Waals surface area contributed by atoms with Crippen molar-refractivity contribution in [1.29, 1.82) is 5.26 Å². The fourth-order valence-electron chi connectivity index (χ4n) is 2.30. The Morgan fingerprint density at radius 2 is 2.47 bits per heavy atom. The van der Waals surface area contributed by atoms with Crippen LogP contribution in [0.1, 0.15) is 31.4 Å². The lowest BCUT2D eigenvalue weighted by Gasteiger charge is -2.35. The van der Waals surface area contributed by atoms with Crippen molar-refractivity contribution in [1.82, 2.24) is 9.97 Å². The van der Waals surface area contributed by atoms with Crippen molar-refractivity contribution in [3.05, 3.63) is 18.0 Å². The minimum atomic E-state index is -0.228. The number of hydrogen-bond donors (Lipinski definition) is 0. The first-order chi connectivity index (χ1) is 9.24. The Labute approximate surface area is 112 Å². The first-order valence-corrected chi connectivity index (χ1v) is 6.31.